The maximum absolute atomic E-state index is 11.6. The minimum Gasteiger partial charge on any atom is -0.311 e. The Hall–Kier alpha value is -2.08. The van der Waals surface area contributed by atoms with Gasteiger partial charge in [-0.2, -0.15) is 0 Å². The van der Waals surface area contributed by atoms with Crippen LogP contribution >= 0.6 is 0 Å². The van der Waals surface area contributed by atoms with E-state index in [9.17, 15) is 4.79 Å². The van der Waals surface area contributed by atoms with E-state index in [1.165, 1.54) is 0 Å². The summed E-state index contributed by atoms with van der Waals surface area (Å²) in [4.78, 5) is 30.0. The zero-order valence-electron chi connectivity index (χ0n) is 13.9. The summed E-state index contributed by atoms with van der Waals surface area (Å²) in [6.07, 6.45) is 4.87. The van der Waals surface area contributed by atoms with E-state index in [1.807, 2.05) is 19.3 Å². The third kappa shape index (κ3) is 3.82. The highest BCUT2D eigenvalue weighted by molar-refractivity contribution is 5.12. The Morgan fingerprint density at radius 2 is 2.09 bits per heavy atom. The third-order valence-corrected chi connectivity index (χ3v) is 4.22. The van der Waals surface area contributed by atoms with E-state index in [4.69, 9.17) is 0 Å². The van der Waals surface area contributed by atoms with Crippen molar-refractivity contribution in [3.63, 3.8) is 0 Å². The highest BCUT2D eigenvalue weighted by Gasteiger charge is 2.25. The Balaban J connectivity index is 1.64. The second-order valence-electron chi connectivity index (χ2n) is 6.58. The molecule has 1 aliphatic heterocycles. The van der Waals surface area contributed by atoms with Crippen LogP contribution in [0.2, 0.25) is 0 Å². The molecular weight excluding hydrogens is 290 g/mol. The molecule has 1 saturated heterocycles. The van der Waals surface area contributed by atoms with Gasteiger partial charge in [0.25, 0.3) is 5.56 Å². The molecule has 2 aromatic heterocycles. The van der Waals surface area contributed by atoms with Crippen molar-refractivity contribution in [2.24, 2.45) is 0 Å². The highest BCUT2D eigenvalue weighted by atomic mass is 16.1. The average Bonchev–Trinajstić information content (AvgIpc) is 2.95. The Labute approximate surface area is 136 Å². The van der Waals surface area contributed by atoms with Gasteiger partial charge in [0.1, 0.15) is 11.6 Å². The average molecular weight is 313 g/mol. The second kappa shape index (κ2) is 6.58. The first-order chi connectivity index (χ1) is 11.0. The number of rotatable bonds is 4. The molecule has 0 bridgehead atoms. The Morgan fingerprint density at radius 3 is 2.74 bits per heavy atom. The van der Waals surface area contributed by atoms with Crippen molar-refractivity contribution in [1.29, 1.82) is 0 Å². The van der Waals surface area contributed by atoms with Gasteiger partial charge in [0.05, 0.1) is 5.69 Å². The van der Waals surface area contributed by atoms with E-state index in [0.29, 0.717) is 17.7 Å². The minimum atomic E-state index is -0.0661. The van der Waals surface area contributed by atoms with Crippen LogP contribution < -0.4 is 5.56 Å². The zero-order chi connectivity index (χ0) is 16.4. The lowest BCUT2D eigenvalue weighted by Crippen LogP contribution is -2.21. The van der Waals surface area contributed by atoms with Crippen LogP contribution in [0.15, 0.2) is 23.3 Å². The maximum Gasteiger partial charge on any atom is 0.251 e. The third-order valence-electron chi connectivity index (χ3n) is 4.22. The number of hydrogen-bond donors (Lipinski definition) is 1. The van der Waals surface area contributed by atoms with Crippen LogP contribution in [-0.2, 0) is 6.54 Å². The lowest BCUT2D eigenvalue weighted by Gasteiger charge is -2.16. The molecule has 6 heteroatoms. The summed E-state index contributed by atoms with van der Waals surface area (Å²) in [5, 5.41) is 0. The lowest BCUT2D eigenvalue weighted by molar-refractivity contribution is 0.325. The van der Waals surface area contributed by atoms with Gasteiger partial charge in [0, 0.05) is 48.9 Å². The Kier molecular flexibility index (Phi) is 4.52. The van der Waals surface area contributed by atoms with E-state index < -0.39 is 0 Å². The molecule has 6 nitrogen and oxygen atoms in total. The van der Waals surface area contributed by atoms with Crippen molar-refractivity contribution < 1.29 is 0 Å². The highest BCUT2D eigenvalue weighted by Crippen LogP contribution is 2.26. The molecule has 0 saturated carbocycles. The van der Waals surface area contributed by atoms with Gasteiger partial charge in [0.15, 0.2) is 0 Å². The number of aromatic nitrogens is 4. The SMILES string of the molecule is Cc1nc([C@@H]2CCN(Cc3cnc(C(C)C)nc3)C2)cc(=O)[nH]1. The van der Waals surface area contributed by atoms with Crippen LogP contribution in [0.3, 0.4) is 0 Å². The normalized spacial score (nSPS) is 18.7. The van der Waals surface area contributed by atoms with Crippen LogP contribution in [0.4, 0.5) is 0 Å². The standard InChI is InChI=1S/C17H23N5O/c1-11(2)17-18-7-13(8-19-17)9-22-5-4-14(10-22)15-6-16(23)21-12(3)20-15/h6-8,11,14H,4-5,9-10H2,1-3H3,(H,20,21,23)/t14-/m1/s1. The fourth-order valence-electron chi connectivity index (χ4n) is 3.03. The molecule has 0 aliphatic carbocycles. The Morgan fingerprint density at radius 1 is 1.35 bits per heavy atom. The first-order valence-electron chi connectivity index (χ1n) is 8.12. The van der Waals surface area contributed by atoms with E-state index in [-0.39, 0.29) is 5.56 Å². The van der Waals surface area contributed by atoms with Gasteiger partial charge in [-0.05, 0) is 19.9 Å². The molecular formula is C17H23N5O. The Bertz CT molecular complexity index is 723. The molecule has 0 spiro atoms. The minimum absolute atomic E-state index is 0.0661. The summed E-state index contributed by atoms with van der Waals surface area (Å²) in [6.45, 7) is 8.78. The van der Waals surface area contributed by atoms with Crippen molar-refractivity contribution >= 4 is 0 Å². The van der Waals surface area contributed by atoms with E-state index in [0.717, 1.165) is 43.1 Å². The number of likely N-dealkylation sites (tertiary alicyclic amines) is 1. The fraction of sp³-hybridized carbons (Fsp3) is 0.529. The van der Waals surface area contributed by atoms with E-state index >= 15 is 0 Å². The molecule has 23 heavy (non-hydrogen) atoms. The summed E-state index contributed by atoms with van der Waals surface area (Å²) in [5.74, 6) is 2.25. The van der Waals surface area contributed by atoms with Crippen molar-refractivity contribution in [3.05, 3.63) is 51.7 Å². The summed E-state index contributed by atoms with van der Waals surface area (Å²) < 4.78 is 0. The van der Waals surface area contributed by atoms with Crippen LogP contribution in [0.25, 0.3) is 0 Å². The van der Waals surface area contributed by atoms with Crippen LogP contribution in [0.5, 0.6) is 0 Å². The molecule has 1 atom stereocenters. The van der Waals surface area contributed by atoms with E-state index in [1.54, 1.807) is 6.07 Å². The van der Waals surface area contributed by atoms with Gasteiger partial charge in [0.2, 0.25) is 0 Å². The summed E-state index contributed by atoms with van der Waals surface area (Å²) >= 11 is 0. The van der Waals surface area contributed by atoms with Crippen LogP contribution in [0, 0.1) is 6.92 Å². The molecule has 0 amide bonds. The maximum atomic E-state index is 11.6. The van der Waals surface area contributed by atoms with Gasteiger partial charge in [-0.25, -0.2) is 15.0 Å². The summed E-state index contributed by atoms with van der Waals surface area (Å²) in [7, 11) is 0. The number of nitrogens with zero attached hydrogens (tertiary/aromatic N) is 4. The van der Waals surface area contributed by atoms with Gasteiger partial charge in [-0.1, -0.05) is 13.8 Å². The number of H-pyrrole nitrogens is 1. The first kappa shape index (κ1) is 15.8. The van der Waals surface area contributed by atoms with Gasteiger partial charge >= 0.3 is 0 Å². The molecule has 3 heterocycles. The van der Waals surface area contributed by atoms with Crippen LogP contribution in [-0.4, -0.2) is 37.9 Å². The summed E-state index contributed by atoms with van der Waals surface area (Å²) in [5.41, 5.74) is 1.97. The van der Waals surface area contributed by atoms with Gasteiger partial charge in [-0.3, -0.25) is 9.69 Å². The lowest BCUT2D eigenvalue weighted by atomic mass is 10.0. The van der Waals surface area contributed by atoms with Crippen molar-refractivity contribution in [2.45, 2.75) is 45.6 Å². The zero-order valence-corrected chi connectivity index (χ0v) is 13.9. The number of aromatic amines is 1. The van der Waals surface area contributed by atoms with E-state index in [2.05, 4.69) is 38.7 Å². The number of aryl methyl sites for hydroxylation is 1. The van der Waals surface area contributed by atoms with Crippen molar-refractivity contribution in [3.8, 4) is 0 Å². The molecule has 1 N–H and O–H groups in total. The van der Waals surface area contributed by atoms with Gasteiger partial charge in [-0.15, -0.1) is 0 Å². The molecule has 1 aliphatic rings. The number of nitrogens with one attached hydrogen (secondary N) is 1. The molecule has 0 unspecified atom stereocenters. The largest absolute Gasteiger partial charge is 0.311 e. The van der Waals surface area contributed by atoms with Crippen molar-refractivity contribution in [1.82, 2.24) is 24.8 Å². The fourth-order valence-corrected chi connectivity index (χ4v) is 3.03. The smallest absolute Gasteiger partial charge is 0.251 e. The molecule has 0 radical (unpaired) electrons. The monoisotopic (exact) mass is 313 g/mol. The van der Waals surface area contributed by atoms with Crippen LogP contribution in [0.1, 0.15) is 55.0 Å². The predicted octanol–water partition coefficient (Wildman–Crippen LogP) is 1.98. The molecule has 0 aromatic carbocycles. The molecule has 3 rings (SSSR count). The molecule has 1 fully saturated rings. The molecule has 122 valence electrons. The number of hydrogen-bond acceptors (Lipinski definition) is 5. The summed E-state index contributed by atoms with van der Waals surface area (Å²) in [6, 6.07) is 1.63. The quantitative estimate of drug-likeness (QED) is 0.934. The second-order valence-corrected chi connectivity index (χ2v) is 6.58. The first-order valence-corrected chi connectivity index (χ1v) is 8.12. The predicted molar refractivity (Wildman–Crippen MR) is 88.4 cm³/mol. The topological polar surface area (TPSA) is 74.8 Å². The van der Waals surface area contributed by atoms with Crippen molar-refractivity contribution in [2.75, 3.05) is 13.1 Å². The van der Waals surface area contributed by atoms with Gasteiger partial charge < -0.3 is 4.98 Å². The molecule has 2 aromatic rings.